The summed E-state index contributed by atoms with van der Waals surface area (Å²) in [6, 6.07) is 7.93. The second kappa shape index (κ2) is 8.67. The van der Waals surface area contributed by atoms with Crippen LogP contribution in [0.2, 0.25) is 0 Å². The molecule has 1 saturated heterocycles. The Labute approximate surface area is 138 Å². The van der Waals surface area contributed by atoms with E-state index in [2.05, 4.69) is 10.6 Å². The summed E-state index contributed by atoms with van der Waals surface area (Å²) >= 11 is 0. The summed E-state index contributed by atoms with van der Waals surface area (Å²) in [5, 5.41) is 6.24. The van der Waals surface area contributed by atoms with E-state index >= 15 is 0 Å². The van der Waals surface area contributed by atoms with Crippen molar-refractivity contribution in [2.24, 2.45) is 0 Å². The molecule has 0 bridgehead atoms. The lowest BCUT2D eigenvalue weighted by Gasteiger charge is -2.23. The second-order valence-electron chi connectivity index (χ2n) is 6.18. The zero-order valence-electron chi connectivity index (χ0n) is 14.1. The molecule has 1 aromatic carbocycles. The number of carbonyl (C=O) groups excluding carboxylic acids is 2. The van der Waals surface area contributed by atoms with Crippen LogP contribution in [0.4, 0.5) is 5.69 Å². The van der Waals surface area contributed by atoms with Crippen molar-refractivity contribution >= 4 is 17.5 Å². The summed E-state index contributed by atoms with van der Waals surface area (Å²) in [5.74, 6) is -0.0772. The zero-order chi connectivity index (χ0) is 16.7. The lowest BCUT2D eigenvalue weighted by molar-refractivity contribution is -0.135. The molecular formula is C18H27N3O2. The van der Waals surface area contributed by atoms with E-state index in [9.17, 15) is 9.59 Å². The van der Waals surface area contributed by atoms with E-state index in [0.29, 0.717) is 13.0 Å². The van der Waals surface area contributed by atoms with Crippen LogP contribution in [0.15, 0.2) is 24.3 Å². The first-order chi connectivity index (χ1) is 11.1. The second-order valence-corrected chi connectivity index (χ2v) is 6.18. The standard InChI is InChI=1S/C18H27N3O2/c1-3-11-21(18(23)12-15-8-6-10-19-15)13-17(22)20-16-9-5-4-7-14(16)2/h4-5,7,9,15,19H,3,6,8,10-13H2,1-2H3,(H,20,22). The fourth-order valence-corrected chi connectivity index (χ4v) is 2.91. The molecule has 23 heavy (non-hydrogen) atoms. The van der Waals surface area contributed by atoms with Gasteiger partial charge in [-0.1, -0.05) is 25.1 Å². The number of benzene rings is 1. The Balaban J connectivity index is 1.90. The van der Waals surface area contributed by atoms with Crippen LogP contribution in [-0.2, 0) is 9.59 Å². The van der Waals surface area contributed by atoms with Gasteiger partial charge in [-0.05, 0) is 44.4 Å². The summed E-state index contributed by atoms with van der Waals surface area (Å²) in [6.45, 7) is 5.70. The summed E-state index contributed by atoms with van der Waals surface area (Å²) in [4.78, 5) is 26.4. The van der Waals surface area contributed by atoms with Crippen LogP contribution < -0.4 is 10.6 Å². The van der Waals surface area contributed by atoms with Crippen molar-refractivity contribution in [2.45, 2.75) is 45.6 Å². The van der Waals surface area contributed by atoms with Gasteiger partial charge in [0.25, 0.3) is 0 Å². The summed E-state index contributed by atoms with van der Waals surface area (Å²) < 4.78 is 0. The van der Waals surface area contributed by atoms with Gasteiger partial charge in [-0.25, -0.2) is 0 Å². The lowest BCUT2D eigenvalue weighted by Crippen LogP contribution is -2.41. The molecule has 1 atom stereocenters. The van der Waals surface area contributed by atoms with Gasteiger partial charge in [0.15, 0.2) is 0 Å². The topological polar surface area (TPSA) is 61.4 Å². The van der Waals surface area contributed by atoms with Crippen LogP contribution in [0, 0.1) is 6.92 Å². The number of amides is 2. The largest absolute Gasteiger partial charge is 0.333 e. The van der Waals surface area contributed by atoms with Crippen LogP contribution in [0.1, 0.15) is 38.2 Å². The number of aryl methyl sites for hydroxylation is 1. The number of hydrogen-bond donors (Lipinski definition) is 2. The first kappa shape index (κ1) is 17.5. The Morgan fingerprint density at radius 2 is 2.13 bits per heavy atom. The van der Waals surface area contributed by atoms with Crippen molar-refractivity contribution in [3.05, 3.63) is 29.8 Å². The van der Waals surface area contributed by atoms with E-state index in [1.807, 2.05) is 38.1 Å². The minimum Gasteiger partial charge on any atom is -0.333 e. The van der Waals surface area contributed by atoms with Crippen LogP contribution >= 0.6 is 0 Å². The maximum Gasteiger partial charge on any atom is 0.244 e. The molecule has 1 heterocycles. The summed E-state index contributed by atoms with van der Waals surface area (Å²) in [7, 11) is 0. The Hall–Kier alpha value is -1.88. The highest BCUT2D eigenvalue weighted by Gasteiger charge is 2.22. The smallest absolute Gasteiger partial charge is 0.244 e. The predicted octanol–water partition coefficient (Wildman–Crippen LogP) is 2.31. The number of nitrogens with zero attached hydrogens (tertiary/aromatic N) is 1. The molecular weight excluding hydrogens is 290 g/mol. The molecule has 1 fully saturated rings. The molecule has 0 aromatic heterocycles. The Morgan fingerprint density at radius 1 is 1.35 bits per heavy atom. The van der Waals surface area contributed by atoms with E-state index in [1.54, 1.807) is 4.90 Å². The molecule has 126 valence electrons. The number of para-hydroxylation sites is 1. The molecule has 0 spiro atoms. The zero-order valence-corrected chi connectivity index (χ0v) is 14.1. The van der Waals surface area contributed by atoms with Crippen molar-refractivity contribution in [2.75, 3.05) is 25.0 Å². The minimum atomic E-state index is -0.138. The van der Waals surface area contributed by atoms with E-state index in [1.165, 1.54) is 0 Å². The fraction of sp³-hybridized carbons (Fsp3) is 0.556. The van der Waals surface area contributed by atoms with Gasteiger partial charge in [0.05, 0.1) is 6.54 Å². The Kier molecular flexibility index (Phi) is 6.59. The number of nitrogens with one attached hydrogen (secondary N) is 2. The van der Waals surface area contributed by atoms with Gasteiger partial charge in [0.1, 0.15) is 0 Å². The Bertz CT molecular complexity index is 539. The number of rotatable bonds is 7. The SMILES string of the molecule is CCCN(CC(=O)Nc1ccccc1C)C(=O)CC1CCCN1. The molecule has 0 radical (unpaired) electrons. The quantitative estimate of drug-likeness (QED) is 0.811. The molecule has 0 saturated carbocycles. The summed E-state index contributed by atoms with van der Waals surface area (Å²) in [6.07, 6.45) is 3.50. The van der Waals surface area contributed by atoms with E-state index < -0.39 is 0 Å². The number of hydrogen-bond acceptors (Lipinski definition) is 3. The van der Waals surface area contributed by atoms with Gasteiger partial charge in [0, 0.05) is 24.7 Å². The van der Waals surface area contributed by atoms with Gasteiger partial charge in [0.2, 0.25) is 11.8 Å². The molecule has 5 heteroatoms. The molecule has 0 aliphatic carbocycles. The third-order valence-electron chi connectivity index (χ3n) is 4.18. The molecule has 1 aliphatic rings. The highest BCUT2D eigenvalue weighted by Crippen LogP contribution is 2.14. The van der Waals surface area contributed by atoms with Crippen LogP contribution in [-0.4, -0.2) is 42.4 Å². The van der Waals surface area contributed by atoms with Crippen molar-refractivity contribution < 1.29 is 9.59 Å². The molecule has 2 amide bonds. The van der Waals surface area contributed by atoms with Crippen LogP contribution in [0.3, 0.4) is 0 Å². The van der Waals surface area contributed by atoms with Crippen LogP contribution in [0.25, 0.3) is 0 Å². The van der Waals surface area contributed by atoms with Gasteiger partial charge >= 0.3 is 0 Å². The molecule has 2 N–H and O–H groups in total. The molecule has 1 unspecified atom stereocenters. The molecule has 1 aromatic rings. The van der Waals surface area contributed by atoms with Gasteiger partial charge in [-0.2, -0.15) is 0 Å². The summed E-state index contributed by atoms with van der Waals surface area (Å²) in [5.41, 5.74) is 1.82. The molecule has 1 aliphatic heterocycles. The van der Waals surface area contributed by atoms with E-state index in [0.717, 1.165) is 37.1 Å². The Morgan fingerprint density at radius 3 is 2.78 bits per heavy atom. The maximum absolute atomic E-state index is 12.4. The first-order valence-electron chi connectivity index (χ1n) is 8.46. The third-order valence-corrected chi connectivity index (χ3v) is 4.18. The van der Waals surface area contributed by atoms with Gasteiger partial charge in [-0.3, -0.25) is 9.59 Å². The van der Waals surface area contributed by atoms with Gasteiger partial charge < -0.3 is 15.5 Å². The minimum absolute atomic E-state index is 0.0613. The molecule has 5 nitrogen and oxygen atoms in total. The average molecular weight is 317 g/mol. The fourth-order valence-electron chi connectivity index (χ4n) is 2.91. The van der Waals surface area contributed by atoms with Crippen molar-refractivity contribution in [1.29, 1.82) is 0 Å². The maximum atomic E-state index is 12.4. The predicted molar refractivity (Wildman–Crippen MR) is 92.3 cm³/mol. The van der Waals surface area contributed by atoms with Crippen molar-refractivity contribution in [3.8, 4) is 0 Å². The van der Waals surface area contributed by atoms with Crippen molar-refractivity contribution in [3.63, 3.8) is 0 Å². The number of anilines is 1. The van der Waals surface area contributed by atoms with Crippen LogP contribution in [0.5, 0.6) is 0 Å². The normalized spacial score (nSPS) is 17.0. The highest BCUT2D eigenvalue weighted by molar-refractivity contribution is 5.95. The monoisotopic (exact) mass is 317 g/mol. The average Bonchev–Trinajstić information content (AvgIpc) is 3.02. The van der Waals surface area contributed by atoms with E-state index in [-0.39, 0.29) is 24.4 Å². The van der Waals surface area contributed by atoms with E-state index in [4.69, 9.17) is 0 Å². The highest BCUT2D eigenvalue weighted by atomic mass is 16.2. The lowest BCUT2D eigenvalue weighted by atomic mass is 10.1. The first-order valence-corrected chi connectivity index (χ1v) is 8.46. The van der Waals surface area contributed by atoms with Gasteiger partial charge in [-0.15, -0.1) is 0 Å². The molecule has 2 rings (SSSR count). The third kappa shape index (κ3) is 5.36. The number of carbonyl (C=O) groups is 2. The van der Waals surface area contributed by atoms with Crippen molar-refractivity contribution in [1.82, 2.24) is 10.2 Å².